The number of anilines is 1. The van der Waals surface area contributed by atoms with Gasteiger partial charge < -0.3 is 9.88 Å². The number of hydrogen-bond acceptors (Lipinski definition) is 2. The molecule has 1 heterocycles. The molecule has 0 radical (unpaired) electrons. The zero-order chi connectivity index (χ0) is 12.4. The molecule has 1 aromatic carbocycles. The van der Waals surface area contributed by atoms with E-state index in [4.69, 9.17) is 0 Å². The Morgan fingerprint density at radius 1 is 1.35 bits per heavy atom. The Bertz CT molecular complexity index is 593. The highest BCUT2D eigenvalue weighted by Gasteiger charge is 2.07. The molecule has 0 unspecified atom stereocenters. The van der Waals surface area contributed by atoms with Gasteiger partial charge in [0.15, 0.2) is 0 Å². The number of halogens is 2. The number of nitrogens with one attached hydrogen (secondary N) is 1. The van der Waals surface area contributed by atoms with Crippen LogP contribution >= 0.6 is 0 Å². The normalized spacial score (nSPS) is 11.1. The molecule has 0 saturated carbocycles. The van der Waals surface area contributed by atoms with Gasteiger partial charge in [-0.3, -0.25) is 4.79 Å². The minimum absolute atomic E-state index is 0.222. The summed E-state index contributed by atoms with van der Waals surface area (Å²) in [6, 6.07) is 8.52. The first kappa shape index (κ1) is 11.6. The lowest BCUT2D eigenvalue weighted by Crippen LogP contribution is -2.19. The molecule has 2 rings (SSSR count). The summed E-state index contributed by atoms with van der Waals surface area (Å²) in [6.07, 6.45) is -2.45. The summed E-state index contributed by atoms with van der Waals surface area (Å²) in [7, 11) is 1.65. The fourth-order valence-corrected chi connectivity index (χ4v) is 1.74. The molecule has 0 aliphatic heterocycles. The Morgan fingerprint density at radius 3 is 2.76 bits per heavy atom. The molecule has 0 aliphatic rings. The van der Waals surface area contributed by atoms with Crippen molar-refractivity contribution in [3.05, 3.63) is 40.7 Å². The van der Waals surface area contributed by atoms with Gasteiger partial charge in [-0.1, -0.05) is 18.2 Å². The molecular weight excluding hydrogens is 226 g/mol. The summed E-state index contributed by atoms with van der Waals surface area (Å²) >= 11 is 0. The lowest BCUT2D eigenvalue weighted by molar-refractivity contribution is 0.163. The van der Waals surface area contributed by atoms with Crippen LogP contribution in [0.25, 0.3) is 10.9 Å². The first-order valence-electron chi connectivity index (χ1n) is 5.20. The smallest absolute Gasteiger partial charge is 0.255 e. The van der Waals surface area contributed by atoms with Crippen LogP contribution in [0.4, 0.5) is 14.5 Å². The third-order valence-corrected chi connectivity index (χ3v) is 2.60. The van der Waals surface area contributed by atoms with Crippen LogP contribution in [0.1, 0.15) is 0 Å². The van der Waals surface area contributed by atoms with E-state index in [0.29, 0.717) is 5.69 Å². The number of aromatic nitrogens is 1. The molecule has 0 saturated heterocycles. The number of aryl methyl sites for hydroxylation is 1. The minimum atomic E-state index is -2.45. The average Bonchev–Trinajstić information content (AvgIpc) is 2.32. The van der Waals surface area contributed by atoms with E-state index in [1.54, 1.807) is 31.3 Å². The Morgan fingerprint density at radius 2 is 2.06 bits per heavy atom. The number of rotatable bonds is 3. The van der Waals surface area contributed by atoms with Crippen molar-refractivity contribution in [3.63, 3.8) is 0 Å². The molecule has 0 fully saturated rings. The summed E-state index contributed by atoms with van der Waals surface area (Å²) < 4.78 is 25.8. The van der Waals surface area contributed by atoms with Gasteiger partial charge in [-0.05, 0) is 6.07 Å². The second kappa shape index (κ2) is 4.53. The number of fused-ring (bicyclic) bond motifs is 1. The summed E-state index contributed by atoms with van der Waals surface area (Å²) in [5, 5.41) is 3.35. The van der Waals surface area contributed by atoms with Gasteiger partial charge in [-0.15, -0.1) is 0 Å². The van der Waals surface area contributed by atoms with Gasteiger partial charge in [0.1, 0.15) is 0 Å². The van der Waals surface area contributed by atoms with E-state index in [1.807, 2.05) is 0 Å². The van der Waals surface area contributed by atoms with E-state index >= 15 is 0 Å². The van der Waals surface area contributed by atoms with Crippen LogP contribution in [0.5, 0.6) is 0 Å². The average molecular weight is 238 g/mol. The van der Waals surface area contributed by atoms with Gasteiger partial charge in [0, 0.05) is 24.2 Å². The van der Waals surface area contributed by atoms with Gasteiger partial charge >= 0.3 is 0 Å². The van der Waals surface area contributed by atoms with E-state index in [-0.39, 0.29) is 5.56 Å². The van der Waals surface area contributed by atoms with Gasteiger partial charge in [0.2, 0.25) is 0 Å². The second-order valence-corrected chi connectivity index (χ2v) is 3.74. The van der Waals surface area contributed by atoms with Crippen LogP contribution in [0.15, 0.2) is 35.1 Å². The Kier molecular flexibility index (Phi) is 3.08. The molecule has 3 nitrogen and oxygen atoms in total. The number of pyridine rings is 1. The van der Waals surface area contributed by atoms with Crippen molar-refractivity contribution in [2.45, 2.75) is 6.43 Å². The van der Waals surface area contributed by atoms with Crippen molar-refractivity contribution in [3.8, 4) is 0 Å². The predicted molar refractivity (Wildman–Crippen MR) is 63.7 cm³/mol. The van der Waals surface area contributed by atoms with Gasteiger partial charge in [0.25, 0.3) is 12.0 Å². The van der Waals surface area contributed by atoms with Crippen molar-refractivity contribution >= 4 is 16.6 Å². The Hall–Kier alpha value is -1.91. The van der Waals surface area contributed by atoms with E-state index in [2.05, 4.69) is 5.32 Å². The first-order valence-corrected chi connectivity index (χ1v) is 5.20. The molecule has 90 valence electrons. The van der Waals surface area contributed by atoms with Crippen molar-refractivity contribution in [1.29, 1.82) is 0 Å². The number of alkyl halides is 2. The van der Waals surface area contributed by atoms with Crippen LogP contribution in [-0.4, -0.2) is 17.5 Å². The van der Waals surface area contributed by atoms with E-state index in [0.717, 1.165) is 10.9 Å². The van der Waals surface area contributed by atoms with E-state index in [9.17, 15) is 13.6 Å². The molecular formula is C12H12F2N2O. The van der Waals surface area contributed by atoms with E-state index in [1.165, 1.54) is 10.6 Å². The number of benzene rings is 1. The maximum absolute atomic E-state index is 12.2. The molecule has 1 N–H and O–H groups in total. The maximum Gasteiger partial charge on any atom is 0.255 e. The topological polar surface area (TPSA) is 34.0 Å². The highest BCUT2D eigenvalue weighted by molar-refractivity contribution is 5.91. The van der Waals surface area contributed by atoms with Crippen molar-refractivity contribution < 1.29 is 8.78 Å². The summed E-state index contributed by atoms with van der Waals surface area (Å²) in [6.45, 7) is -0.461. The molecule has 0 aliphatic carbocycles. The predicted octanol–water partition coefficient (Wildman–Crippen LogP) is 2.22. The Labute approximate surface area is 96.7 Å². The molecule has 0 bridgehead atoms. The van der Waals surface area contributed by atoms with Gasteiger partial charge in [0.05, 0.1) is 12.1 Å². The van der Waals surface area contributed by atoms with Crippen LogP contribution in [0.3, 0.4) is 0 Å². The lowest BCUT2D eigenvalue weighted by atomic mass is 10.2. The molecule has 1 aromatic heterocycles. The molecule has 5 heteroatoms. The fraction of sp³-hybridized carbons (Fsp3) is 0.250. The zero-order valence-electron chi connectivity index (χ0n) is 9.28. The SMILES string of the molecule is Cn1c(=O)cc(NCC(F)F)c2ccccc21. The first-order chi connectivity index (χ1) is 8.09. The lowest BCUT2D eigenvalue weighted by Gasteiger charge is -2.11. The summed E-state index contributed by atoms with van der Waals surface area (Å²) in [5.41, 5.74) is 0.946. The Balaban J connectivity index is 2.55. The van der Waals surface area contributed by atoms with Crippen LogP contribution < -0.4 is 10.9 Å². The van der Waals surface area contributed by atoms with Crippen molar-refractivity contribution in [2.75, 3.05) is 11.9 Å². The zero-order valence-corrected chi connectivity index (χ0v) is 9.28. The maximum atomic E-state index is 12.2. The largest absolute Gasteiger partial charge is 0.379 e. The van der Waals surface area contributed by atoms with Crippen LogP contribution in [0.2, 0.25) is 0 Å². The fourth-order valence-electron chi connectivity index (χ4n) is 1.74. The van der Waals surface area contributed by atoms with Crippen molar-refractivity contribution in [1.82, 2.24) is 4.57 Å². The molecule has 17 heavy (non-hydrogen) atoms. The van der Waals surface area contributed by atoms with Crippen molar-refractivity contribution in [2.24, 2.45) is 7.05 Å². The monoisotopic (exact) mass is 238 g/mol. The highest BCUT2D eigenvalue weighted by atomic mass is 19.3. The molecule has 0 amide bonds. The molecule has 0 spiro atoms. The van der Waals surface area contributed by atoms with E-state index < -0.39 is 13.0 Å². The summed E-state index contributed by atoms with van der Waals surface area (Å²) in [5.74, 6) is 0. The van der Waals surface area contributed by atoms with Crippen LogP contribution in [0, 0.1) is 0 Å². The third kappa shape index (κ3) is 2.27. The molecule has 0 atom stereocenters. The molecule has 2 aromatic rings. The number of nitrogens with zero attached hydrogens (tertiary/aromatic N) is 1. The highest BCUT2D eigenvalue weighted by Crippen LogP contribution is 2.20. The minimum Gasteiger partial charge on any atom is -0.379 e. The standard InChI is InChI=1S/C12H12F2N2O/c1-16-10-5-3-2-4-8(10)9(6-12(16)17)15-7-11(13)14/h2-6,11,15H,7H2,1H3. The summed E-state index contributed by atoms with van der Waals surface area (Å²) in [4.78, 5) is 11.6. The number of para-hydroxylation sites is 1. The van der Waals surface area contributed by atoms with Gasteiger partial charge in [-0.25, -0.2) is 8.78 Å². The quantitative estimate of drug-likeness (QED) is 0.889. The second-order valence-electron chi connectivity index (χ2n) is 3.74. The third-order valence-electron chi connectivity index (χ3n) is 2.60. The van der Waals surface area contributed by atoms with Gasteiger partial charge in [-0.2, -0.15) is 0 Å². The van der Waals surface area contributed by atoms with Crippen LogP contribution in [-0.2, 0) is 7.05 Å². The number of hydrogen-bond donors (Lipinski definition) is 1.